The number of carbonyl (C=O) groups excluding carboxylic acids is 1. The van der Waals surface area contributed by atoms with E-state index in [4.69, 9.17) is 4.74 Å². The molecule has 0 radical (unpaired) electrons. The van der Waals surface area contributed by atoms with E-state index in [1.165, 1.54) is 6.26 Å². The quantitative estimate of drug-likeness (QED) is 0.214. The zero-order chi connectivity index (χ0) is 19.9. The molecule has 0 spiro atoms. The van der Waals surface area contributed by atoms with Crippen LogP contribution in [0.3, 0.4) is 0 Å². The molecule has 142 valence electrons. The second-order valence-electron chi connectivity index (χ2n) is 6.01. The number of carbonyl (C=O) groups is 1. The monoisotopic (exact) mass is 402 g/mol. The molecule has 0 unspecified atom stereocenters. The average molecular weight is 403 g/mol. The fraction of sp³-hybridized carbons (Fsp3) is 0.190. The van der Waals surface area contributed by atoms with Gasteiger partial charge in [0.25, 0.3) is 0 Å². The molecule has 27 heavy (non-hydrogen) atoms. The molecule has 0 heterocycles. The fourth-order valence-electron chi connectivity index (χ4n) is 2.11. The molecule has 0 fully saturated rings. The largest absolute Gasteiger partial charge is 0.461 e. The molecule has 4 nitrogen and oxygen atoms in total. The lowest BCUT2D eigenvalue weighted by Gasteiger charge is -2.04. The predicted molar refractivity (Wildman–Crippen MR) is 111 cm³/mol. The van der Waals surface area contributed by atoms with Crippen LogP contribution < -0.4 is 0 Å². The highest BCUT2D eigenvalue weighted by molar-refractivity contribution is 7.99. The number of ether oxygens (including phenoxy) is 1. The van der Waals surface area contributed by atoms with Crippen LogP contribution in [0.5, 0.6) is 0 Å². The highest BCUT2D eigenvalue weighted by atomic mass is 32.2. The Bertz CT molecular complexity index is 925. The van der Waals surface area contributed by atoms with E-state index in [1.54, 1.807) is 43.0 Å². The standard InChI is InChI=1S/C21H22O4S2/c1-16(2)21(22)25-14-15-26-19-10-6-17(7-11-19)4-5-18-8-12-20(13-9-18)27(3,23)24/h4-13H,1,14-15H2,2-3H3/b5-4+. The van der Waals surface area contributed by atoms with E-state index in [9.17, 15) is 13.2 Å². The van der Waals surface area contributed by atoms with Crippen molar-refractivity contribution in [3.8, 4) is 0 Å². The molecule has 2 aromatic carbocycles. The first kappa shape index (κ1) is 21.0. The molecule has 0 atom stereocenters. The van der Waals surface area contributed by atoms with E-state index in [0.717, 1.165) is 16.0 Å². The maximum Gasteiger partial charge on any atom is 0.333 e. The van der Waals surface area contributed by atoms with Crippen LogP contribution in [-0.4, -0.2) is 33.0 Å². The van der Waals surface area contributed by atoms with Crippen molar-refractivity contribution in [3.05, 3.63) is 71.8 Å². The molecule has 0 aliphatic heterocycles. The second-order valence-corrected chi connectivity index (χ2v) is 9.19. The molecule has 0 aliphatic carbocycles. The molecule has 0 aromatic heterocycles. The highest BCUT2D eigenvalue weighted by Gasteiger charge is 2.05. The summed E-state index contributed by atoms with van der Waals surface area (Å²) in [6.07, 6.45) is 5.10. The van der Waals surface area contributed by atoms with Crippen LogP contribution in [0, 0.1) is 0 Å². The zero-order valence-electron chi connectivity index (χ0n) is 15.3. The minimum atomic E-state index is -3.17. The number of sulfone groups is 1. The van der Waals surface area contributed by atoms with Crippen LogP contribution in [0.25, 0.3) is 12.2 Å². The summed E-state index contributed by atoms with van der Waals surface area (Å²) >= 11 is 1.61. The smallest absolute Gasteiger partial charge is 0.333 e. The van der Waals surface area contributed by atoms with Crippen molar-refractivity contribution in [2.24, 2.45) is 0 Å². The first-order valence-corrected chi connectivity index (χ1v) is 11.2. The van der Waals surface area contributed by atoms with Gasteiger partial charge in [-0.2, -0.15) is 0 Å². The summed E-state index contributed by atoms with van der Waals surface area (Å²) in [5.74, 6) is 0.321. The lowest BCUT2D eigenvalue weighted by molar-refractivity contribution is -0.138. The molecule has 0 saturated heterocycles. The molecule has 2 aromatic rings. The summed E-state index contributed by atoms with van der Waals surface area (Å²) in [5, 5.41) is 0. The number of benzene rings is 2. The SMILES string of the molecule is C=C(C)C(=O)OCCSc1ccc(/C=C/c2ccc(S(C)(=O)=O)cc2)cc1. The van der Waals surface area contributed by atoms with Crippen LogP contribution in [0.15, 0.2) is 70.5 Å². The second kappa shape index (κ2) is 9.58. The number of hydrogen-bond acceptors (Lipinski definition) is 5. The number of thioether (sulfide) groups is 1. The minimum Gasteiger partial charge on any atom is -0.461 e. The minimum absolute atomic E-state index is 0.315. The topological polar surface area (TPSA) is 60.4 Å². The first-order valence-electron chi connectivity index (χ1n) is 8.29. The normalized spacial score (nSPS) is 11.5. The predicted octanol–water partition coefficient (Wildman–Crippen LogP) is 4.47. The number of rotatable bonds is 8. The van der Waals surface area contributed by atoms with Crippen LogP contribution in [-0.2, 0) is 19.4 Å². The van der Waals surface area contributed by atoms with Gasteiger partial charge in [-0.1, -0.05) is 43.0 Å². The number of hydrogen-bond donors (Lipinski definition) is 0. The maximum atomic E-state index is 11.5. The van der Waals surface area contributed by atoms with Crippen molar-refractivity contribution in [2.75, 3.05) is 18.6 Å². The summed E-state index contributed by atoms with van der Waals surface area (Å²) < 4.78 is 28.0. The van der Waals surface area contributed by atoms with Gasteiger partial charge in [-0.05, 0) is 42.3 Å². The molecule has 0 N–H and O–H groups in total. The Morgan fingerprint density at radius 3 is 2.04 bits per heavy atom. The Balaban J connectivity index is 1.87. The summed E-state index contributed by atoms with van der Waals surface area (Å²) in [7, 11) is -3.17. The Morgan fingerprint density at radius 1 is 1.04 bits per heavy atom. The lowest BCUT2D eigenvalue weighted by atomic mass is 10.1. The van der Waals surface area contributed by atoms with Gasteiger partial charge in [-0.3, -0.25) is 0 Å². The molecule has 0 aliphatic rings. The van der Waals surface area contributed by atoms with Crippen molar-refractivity contribution in [1.29, 1.82) is 0 Å². The van der Waals surface area contributed by atoms with Gasteiger partial charge < -0.3 is 4.74 Å². The summed E-state index contributed by atoms with van der Waals surface area (Å²) in [6.45, 7) is 5.52. The van der Waals surface area contributed by atoms with Crippen molar-refractivity contribution >= 4 is 39.7 Å². The van der Waals surface area contributed by atoms with E-state index in [-0.39, 0.29) is 5.97 Å². The Hall–Kier alpha value is -2.31. The summed E-state index contributed by atoms with van der Waals surface area (Å²) in [6, 6.07) is 14.8. The van der Waals surface area contributed by atoms with E-state index in [1.807, 2.05) is 36.4 Å². The van der Waals surface area contributed by atoms with Gasteiger partial charge in [-0.15, -0.1) is 11.8 Å². The Morgan fingerprint density at radius 2 is 1.56 bits per heavy atom. The van der Waals surface area contributed by atoms with Gasteiger partial charge in [0.15, 0.2) is 9.84 Å². The molecule has 0 amide bonds. The van der Waals surface area contributed by atoms with E-state index < -0.39 is 9.84 Å². The van der Waals surface area contributed by atoms with Crippen molar-refractivity contribution in [3.63, 3.8) is 0 Å². The molecule has 0 saturated carbocycles. The van der Waals surface area contributed by atoms with Crippen LogP contribution in [0.1, 0.15) is 18.1 Å². The van der Waals surface area contributed by atoms with Crippen molar-refractivity contribution in [1.82, 2.24) is 0 Å². The maximum absolute atomic E-state index is 11.5. The summed E-state index contributed by atoms with van der Waals surface area (Å²) in [5.41, 5.74) is 2.38. The third kappa shape index (κ3) is 7.07. The van der Waals surface area contributed by atoms with Gasteiger partial charge >= 0.3 is 5.97 Å². The van der Waals surface area contributed by atoms with Crippen molar-refractivity contribution < 1.29 is 17.9 Å². The average Bonchev–Trinajstić information content (AvgIpc) is 2.64. The third-order valence-electron chi connectivity index (χ3n) is 3.59. The fourth-order valence-corrected chi connectivity index (χ4v) is 3.47. The van der Waals surface area contributed by atoms with Gasteiger partial charge in [0.1, 0.15) is 6.61 Å². The third-order valence-corrected chi connectivity index (χ3v) is 5.70. The van der Waals surface area contributed by atoms with Crippen LogP contribution >= 0.6 is 11.8 Å². The van der Waals surface area contributed by atoms with Crippen LogP contribution in [0.4, 0.5) is 0 Å². The molecular weight excluding hydrogens is 380 g/mol. The number of esters is 1. The highest BCUT2D eigenvalue weighted by Crippen LogP contribution is 2.19. The van der Waals surface area contributed by atoms with E-state index in [2.05, 4.69) is 6.58 Å². The van der Waals surface area contributed by atoms with Gasteiger partial charge in [0.2, 0.25) is 0 Å². The molecular formula is C21H22O4S2. The van der Waals surface area contributed by atoms with Gasteiger partial charge in [0.05, 0.1) is 4.90 Å². The molecule has 2 rings (SSSR count). The Kier molecular flexibility index (Phi) is 7.45. The van der Waals surface area contributed by atoms with Crippen LogP contribution in [0.2, 0.25) is 0 Å². The van der Waals surface area contributed by atoms with E-state index >= 15 is 0 Å². The summed E-state index contributed by atoms with van der Waals surface area (Å²) in [4.78, 5) is 12.7. The van der Waals surface area contributed by atoms with Gasteiger partial charge in [0, 0.05) is 22.5 Å². The molecule has 0 bridgehead atoms. The zero-order valence-corrected chi connectivity index (χ0v) is 17.0. The van der Waals surface area contributed by atoms with Gasteiger partial charge in [-0.25, -0.2) is 13.2 Å². The molecule has 6 heteroatoms. The lowest BCUT2D eigenvalue weighted by Crippen LogP contribution is -2.07. The van der Waals surface area contributed by atoms with E-state index in [0.29, 0.717) is 22.8 Å². The first-order chi connectivity index (χ1) is 12.8. The van der Waals surface area contributed by atoms with Crippen molar-refractivity contribution in [2.45, 2.75) is 16.7 Å². The Labute approximate surface area is 164 Å².